The van der Waals surface area contributed by atoms with Gasteiger partial charge in [-0.1, -0.05) is 0 Å². The van der Waals surface area contributed by atoms with Crippen molar-refractivity contribution in [3.63, 3.8) is 0 Å². The Hall–Kier alpha value is -3.78. The SMILES string of the molecule is CC(NC(=O)C(N)Cc1cnc[nH]1)C(=O)NC(Cc1cnc[nH]1)C(=O)NC(CO)C(=O)O. The lowest BCUT2D eigenvalue weighted by Gasteiger charge is -2.23. The molecule has 14 nitrogen and oxygen atoms in total. The highest BCUT2D eigenvalue weighted by molar-refractivity contribution is 5.94. The third kappa shape index (κ3) is 7.17. The highest BCUT2D eigenvalue weighted by atomic mass is 16.4. The largest absolute Gasteiger partial charge is 0.480 e. The van der Waals surface area contributed by atoms with E-state index in [1.165, 1.54) is 32.0 Å². The van der Waals surface area contributed by atoms with E-state index in [9.17, 15) is 19.2 Å². The van der Waals surface area contributed by atoms with Gasteiger partial charge in [-0.15, -0.1) is 0 Å². The normalized spacial score (nSPS) is 14.6. The van der Waals surface area contributed by atoms with Crippen molar-refractivity contribution >= 4 is 23.7 Å². The van der Waals surface area contributed by atoms with Crippen LogP contribution in [0.3, 0.4) is 0 Å². The second-order valence-corrected chi connectivity index (χ2v) is 7.04. The summed E-state index contributed by atoms with van der Waals surface area (Å²) in [5, 5.41) is 25.3. The highest BCUT2D eigenvalue weighted by Gasteiger charge is 2.29. The molecule has 4 atom stereocenters. The van der Waals surface area contributed by atoms with E-state index >= 15 is 0 Å². The smallest absolute Gasteiger partial charge is 0.328 e. The number of nitrogens with two attached hydrogens (primary N) is 1. The van der Waals surface area contributed by atoms with Crippen LogP contribution in [0.15, 0.2) is 25.0 Å². The number of nitrogens with one attached hydrogen (secondary N) is 5. The fraction of sp³-hybridized carbons (Fsp3) is 0.444. The van der Waals surface area contributed by atoms with Crippen molar-refractivity contribution in [3.8, 4) is 0 Å². The van der Waals surface area contributed by atoms with Crippen molar-refractivity contribution in [3.05, 3.63) is 36.4 Å². The number of H-pyrrole nitrogens is 2. The number of hydrogen-bond donors (Lipinski definition) is 8. The van der Waals surface area contributed by atoms with Gasteiger partial charge < -0.3 is 41.9 Å². The molecule has 0 radical (unpaired) electrons. The average molecular weight is 450 g/mol. The summed E-state index contributed by atoms with van der Waals surface area (Å²) in [6.45, 7) is 0.585. The topological polar surface area (TPSA) is 228 Å². The Labute approximate surface area is 182 Å². The van der Waals surface area contributed by atoms with E-state index in [-0.39, 0.29) is 12.8 Å². The quantitative estimate of drug-likeness (QED) is 0.162. The van der Waals surface area contributed by atoms with Gasteiger partial charge in [0, 0.05) is 36.6 Å². The lowest BCUT2D eigenvalue weighted by atomic mass is 10.1. The fourth-order valence-electron chi connectivity index (χ4n) is 2.69. The molecule has 2 heterocycles. The van der Waals surface area contributed by atoms with Crippen LogP contribution in [0.2, 0.25) is 0 Å². The molecule has 0 aromatic carbocycles. The number of aliphatic carboxylic acids is 1. The molecule has 0 aliphatic rings. The van der Waals surface area contributed by atoms with E-state index in [4.69, 9.17) is 15.9 Å². The van der Waals surface area contributed by atoms with Gasteiger partial charge in [-0.3, -0.25) is 14.4 Å². The number of hydrogen-bond acceptors (Lipinski definition) is 8. The number of amides is 3. The number of aromatic amines is 2. The molecular formula is C18H26N8O6. The number of imidazole rings is 2. The van der Waals surface area contributed by atoms with Crippen molar-refractivity contribution in [2.45, 2.75) is 43.9 Å². The van der Waals surface area contributed by atoms with Crippen molar-refractivity contribution in [2.75, 3.05) is 6.61 Å². The molecular weight excluding hydrogens is 424 g/mol. The number of carbonyl (C=O) groups is 4. The zero-order chi connectivity index (χ0) is 23.7. The van der Waals surface area contributed by atoms with Gasteiger partial charge in [0.25, 0.3) is 0 Å². The van der Waals surface area contributed by atoms with E-state index in [0.29, 0.717) is 11.4 Å². The Bertz CT molecular complexity index is 901. The van der Waals surface area contributed by atoms with E-state index in [1.807, 2.05) is 0 Å². The van der Waals surface area contributed by atoms with Gasteiger partial charge >= 0.3 is 5.97 Å². The lowest BCUT2D eigenvalue weighted by molar-refractivity contribution is -0.143. The Kier molecular flexibility index (Phi) is 8.85. The second-order valence-electron chi connectivity index (χ2n) is 7.04. The minimum atomic E-state index is -1.54. The van der Waals surface area contributed by atoms with Gasteiger partial charge in [-0.2, -0.15) is 0 Å². The monoisotopic (exact) mass is 450 g/mol. The van der Waals surface area contributed by atoms with Crippen LogP contribution < -0.4 is 21.7 Å². The molecule has 2 rings (SSSR count). The molecule has 14 heteroatoms. The summed E-state index contributed by atoms with van der Waals surface area (Å²) >= 11 is 0. The van der Waals surface area contributed by atoms with Gasteiger partial charge in [-0.25, -0.2) is 14.8 Å². The predicted molar refractivity (Wildman–Crippen MR) is 109 cm³/mol. The summed E-state index contributed by atoms with van der Waals surface area (Å²) in [6, 6.07) is -4.72. The first-order valence-corrected chi connectivity index (χ1v) is 9.66. The van der Waals surface area contributed by atoms with Crippen molar-refractivity contribution in [1.82, 2.24) is 35.9 Å². The van der Waals surface area contributed by atoms with Gasteiger partial charge in [0.15, 0.2) is 0 Å². The fourth-order valence-corrected chi connectivity index (χ4v) is 2.69. The number of carboxylic acids is 1. The van der Waals surface area contributed by atoms with Crippen molar-refractivity contribution in [2.24, 2.45) is 5.73 Å². The molecule has 0 saturated heterocycles. The van der Waals surface area contributed by atoms with Crippen molar-refractivity contribution < 1.29 is 29.4 Å². The van der Waals surface area contributed by atoms with Crippen LogP contribution in [0.25, 0.3) is 0 Å². The van der Waals surface area contributed by atoms with Crippen LogP contribution in [0.4, 0.5) is 0 Å². The number of carbonyl (C=O) groups excluding carboxylic acids is 3. The number of aromatic nitrogens is 4. The molecule has 0 bridgehead atoms. The van der Waals surface area contributed by atoms with E-state index in [0.717, 1.165) is 0 Å². The summed E-state index contributed by atoms with van der Waals surface area (Å²) < 4.78 is 0. The minimum Gasteiger partial charge on any atom is -0.480 e. The van der Waals surface area contributed by atoms with Crippen LogP contribution in [0.1, 0.15) is 18.3 Å². The zero-order valence-electron chi connectivity index (χ0n) is 17.2. The molecule has 174 valence electrons. The average Bonchev–Trinajstić information content (AvgIpc) is 3.45. The van der Waals surface area contributed by atoms with Crippen molar-refractivity contribution in [1.29, 1.82) is 0 Å². The first-order valence-electron chi connectivity index (χ1n) is 9.66. The number of aliphatic hydroxyl groups is 1. The summed E-state index contributed by atoms with van der Waals surface area (Å²) in [6.07, 6.45) is 5.94. The van der Waals surface area contributed by atoms with E-state index < -0.39 is 54.5 Å². The van der Waals surface area contributed by atoms with Crippen LogP contribution >= 0.6 is 0 Å². The zero-order valence-corrected chi connectivity index (χ0v) is 17.2. The van der Waals surface area contributed by atoms with E-state index in [1.54, 1.807) is 0 Å². The molecule has 2 aromatic heterocycles. The third-order valence-corrected chi connectivity index (χ3v) is 4.49. The molecule has 0 saturated carbocycles. The Balaban J connectivity index is 1.99. The number of nitrogens with zero attached hydrogens (tertiary/aromatic N) is 2. The highest BCUT2D eigenvalue weighted by Crippen LogP contribution is 2.02. The summed E-state index contributed by atoms with van der Waals surface area (Å²) in [7, 11) is 0. The number of carboxylic acid groups (broad SMARTS) is 1. The third-order valence-electron chi connectivity index (χ3n) is 4.49. The molecule has 0 fully saturated rings. The molecule has 4 unspecified atom stereocenters. The Morgan fingerprint density at radius 3 is 2.00 bits per heavy atom. The lowest BCUT2D eigenvalue weighted by Crippen LogP contribution is -2.57. The minimum absolute atomic E-state index is 0.0324. The van der Waals surface area contributed by atoms with Crippen LogP contribution in [0, 0.1) is 0 Å². The number of rotatable bonds is 12. The van der Waals surface area contributed by atoms with Gasteiger partial charge in [-0.05, 0) is 6.92 Å². The molecule has 0 aliphatic heterocycles. The summed E-state index contributed by atoms with van der Waals surface area (Å²) in [5.41, 5.74) is 7.00. The van der Waals surface area contributed by atoms with Gasteiger partial charge in [0.1, 0.15) is 18.1 Å². The van der Waals surface area contributed by atoms with E-state index in [2.05, 4.69) is 35.9 Å². The van der Waals surface area contributed by atoms with Gasteiger partial charge in [0.05, 0.1) is 25.3 Å². The molecule has 32 heavy (non-hydrogen) atoms. The first-order chi connectivity index (χ1) is 15.2. The Morgan fingerprint density at radius 2 is 1.50 bits per heavy atom. The Morgan fingerprint density at radius 1 is 0.938 bits per heavy atom. The number of aliphatic hydroxyl groups excluding tert-OH is 1. The maximum absolute atomic E-state index is 12.6. The second kappa shape index (κ2) is 11.6. The first kappa shape index (κ1) is 24.5. The van der Waals surface area contributed by atoms with Crippen LogP contribution in [-0.2, 0) is 32.0 Å². The molecule has 0 aliphatic carbocycles. The van der Waals surface area contributed by atoms with Gasteiger partial charge in [0.2, 0.25) is 17.7 Å². The maximum atomic E-state index is 12.6. The molecule has 3 amide bonds. The predicted octanol–water partition coefficient (Wildman–Crippen LogP) is -3.20. The molecule has 0 spiro atoms. The van der Waals surface area contributed by atoms with Crippen LogP contribution in [0.5, 0.6) is 0 Å². The summed E-state index contributed by atoms with van der Waals surface area (Å²) in [5.74, 6) is -3.53. The standard InChI is InChI=1S/C18H26N8O6/c1-9(24-16(29)12(19)2-10-4-20-7-22-10)15(28)25-13(3-11-5-21-8-23-11)17(30)26-14(6-27)18(31)32/h4-5,7-9,12-14,27H,2-3,6,19H2,1H3,(H,20,22)(H,21,23)(H,24,29)(H,25,28)(H,26,30)(H,31,32). The maximum Gasteiger partial charge on any atom is 0.328 e. The van der Waals surface area contributed by atoms with Crippen LogP contribution in [-0.4, -0.2) is 84.6 Å². The molecule has 2 aromatic rings. The summed E-state index contributed by atoms with van der Waals surface area (Å²) in [4.78, 5) is 61.8. The molecule has 9 N–H and O–H groups in total.